The minimum Gasteiger partial charge on any atom is -0.497 e. The monoisotopic (exact) mass is 535 g/mol. The largest absolute Gasteiger partial charge is 0.497 e. The number of esters is 1. The van der Waals surface area contributed by atoms with Crippen LogP contribution in [0.2, 0.25) is 0 Å². The van der Waals surface area contributed by atoms with Gasteiger partial charge in [0.25, 0.3) is 11.6 Å². The van der Waals surface area contributed by atoms with Crippen LogP contribution in [0.25, 0.3) is 0 Å². The molecule has 198 valence electrons. The molecule has 4 rings (SSSR count). The molecule has 0 fully saturated rings. The number of nitro groups is 1. The molecule has 0 spiro atoms. The van der Waals surface area contributed by atoms with E-state index in [1.165, 1.54) is 36.0 Å². The molecule has 10 heteroatoms. The summed E-state index contributed by atoms with van der Waals surface area (Å²) in [5.74, 6) is -0.389. The van der Waals surface area contributed by atoms with Crippen LogP contribution in [0.4, 0.5) is 11.4 Å². The van der Waals surface area contributed by atoms with E-state index in [-0.39, 0.29) is 17.2 Å². The molecule has 3 aromatic rings. The maximum Gasteiger partial charge on any atom is 0.338 e. The maximum absolute atomic E-state index is 14.1. The number of non-ortho nitro benzene ring substituents is 1. The summed E-state index contributed by atoms with van der Waals surface area (Å²) in [5.41, 5.74) is 1.55. The van der Waals surface area contributed by atoms with Gasteiger partial charge in [-0.1, -0.05) is 31.2 Å². The number of carbonyl (C=O) groups is 2. The Morgan fingerprint density at radius 3 is 2.39 bits per heavy atom. The Bertz CT molecular complexity index is 1300. The molecule has 3 aromatic carbocycles. The second-order valence-electron chi connectivity index (χ2n) is 8.80. The van der Waals surface area contributed by atoms with Gasteiger partial charge in [-0.25, -0.2) is 4.79 Å². The van der Waals surface area contributed by atoms with Gasteiger partial charge in [0.2, 0.25) is 0 Å². The number of benzene rings is 3. The first-order chi connectivity index (χ1) is 18.3. The van der Waals surface area contributed by atoms with Crippen molar-refractivity contribution in [1.82, 2.24) is 4.90 Å². The van der Waals surface area contributed by atoms with Crippen LogP contribution in [0.3, 0.4) is 0 Å². The predicted molar refractivity (Wildman–Crippen MR) is 146 cm³/mol. The Labute approximate surface area is 225 Å². The molecule has 1 amide bonds. The van der Waals surface area contributed by atoms with E-state index >= 15 is 0 Å². The highest BCUT2D eigenvalue weighted by atomic mass is 32.2. The predicted octanol–water partition coefficient (Wildman–Crippen LogP) is 4.96. The van der Waals surface area contributed by atoms with Crippen molar-refractivity contribution in [2.45, 2.75) is 23.2 Å². The van der Waals surface area contributed by atoms with Crippen LogP contribution in [0.1, 0.15) is 28.1 Å². The molecule has 0 radical (unpaired) electrons. The van der Waals surface area contributed by atoms with Crippen LogP contribution < -0.4 is 9.64 Å². The highest BCUT2D eigenvalue weighted by molar-refractivity contribution is 7.99. The van der Waals surface area contributed by atoms with Crippen LogP contribution in [-0.4, -0.2) is 61.6 Å². The summed E-state index contributed by atoms with van der Waals surface area (Å²) in [4.78, 5) is 42.5. The van der Waals surface area contributed by atoms with Crippen LogP contribution in [0, 0.1) is 10.1 Å². The van der Waals surface area contributed by atoms with Gasteiger partial charge in [-0.05, 0) is 55.6 Å². The lowest BCUT2D eigenvalue weighted by molar-refractivity contribution is -0.384. The smallest absolute Gasteiger partial charge is 0.338 e. The third kappa shape index (κ3) is 5.98. The number of nitrogens with zero attached hydrogens (tertiary/aromatic N) is 3. The molecule has 1 aliphatic rings. The summed E-state index contributed by atoms with van der Waals surface area (Å²) in [6, 6.07) is 20.1. The molecule has 0 N–H and O–H groups in total. The third-order valence-corrected chi connectivity index (χ3v) is 7.80. The number of methoxy groups -OCH3 is 1. The Balaban J connectivity index is 1.73. The Hall–Kier alpha value is -3.89. The van der Waals surface area contributed by atoms with E-state index in [1.54, 1.807) is 24.1 Å². The zero-order valence-electron chi connectivity index (χ0n) is 21.4. The Kier molecular flexibility index (Phi) is 8.65. The first-order valence-electron chi connectivity index (χ1n) is 12.2. The number of hydrogen-bond donors (Lipinski definition) is 0. The molecular formula is C28H29N3O6S. The Morgan fingerprint density at radius 1 is 1.08 bits per heavy atom. The van der Waals surface area contributed by atoms with E-state index in [1.807, 2.05) is 50.4 Å². The van der Waals surface area contributed by atoms with Crippen molar-refractivity contribution in [1.29, 1.82) is 0 Å². The minimum absolute atomic E-state index is 0.126. The van der Waals surface area contributed by atoms with Crippen LogP contribution in [-0.2, 0) is 9.53 Å². The number of thioether (sulfide) groups is 1. The number of rotatable bonds is 9. The average molecular weight is 536 g/mol. The zero-order valence-corrected chi connectivity index (χ0v) is 22.2. The summed E-state index contributed by atoms with van der Waals surface area (Å²) < 4.78 is 11.2. The van der Waals surface area contributed by atoms with Crippen molar-refractivity contribution in [3.05, 3.63) is 94.0 Å². The third-order valence-electron chi connectivity index (χ3n) is 6.43. The molecule has 9 nitrogen and oxygen atoms in total. The van der Waals surface area contributed by atoms with Crippen molar-refractivity contribution < 1.29 is 24.0 Å². The Morgan fingerprint density at radius 2 is 1.76 bits per heavy atom. The van der Waals surface area contributed by atoms with Crippen molar-refractivity contribution in [2.75, 3.05) is 38.7 Å². The normalized spacial score (nSPS) is 17.1. The lowest BCUT2D eigenvalue weighted by Crippen LogP contribution is -2.45. The average Bonchev–Trinajstić information content (AvgIpc) is 3.06. The minimum atomic E-state index is -1.14. The first-order valence-corrected chi connectivity index (χ1v) is 13.0. The molecule has 2 atom stereocenters. The SMILES string of the molecule is CCN(C)CCN1C(=O)[C@H](OC(=O)c2ccc([N+](=O)[O-])cc2)[C@H](c2ccc(OC)cc2)Sc2ccccc21. The van der Waals surface area contributed by atoms with E-state index < -0.39 is 22.2 Å². The van der Waals surface area contributed by atoms with Crippen molar-refractivity contribution in [3.8, 4) is 5.75 Å². The second-order valence-corrected chi connectivity index (χ2v) is 9.98. The lowest BCUT2D eigenvalue weighted by Gasteiger charge is -2.29. The summed E-state index contributed by atoms with van der Waals surface area (Å²) >= 11 is 1.46. The number of nitro benzene ring substituents is 1. The topological polar surface area (TPSA) is 102 Å². The molecule has 0 aromatic heterocycles. The number of carbonyl (C=O) groups excluding carboxylic acids is 2. The van der Waals surface area contributed by atoms with E-state index in [0.717, 1.165) is 22.7 Å². The zero-order chi connectivity index (χ0) is 27.2. The molecular weight excluding hydrogens is 506 g/mol. The highest BCUT2D eigenvalue weighted by Gasteiger charge is 2.41. The van der Waals surface area contributed by atoms with Gasteiger partial charge in [0.1, 0.15) is 5.75 Å². The fourth-order valence-corrected chi connectivity index (χ4v) is 5.41. The quantitative estimate of drug-likeness (QED) is 0.215. The van der Waals surface area contributed by atoms with Gasteiger partial charge in [-0.3, -0.25) is 14.9 Å². The van der Waals surface area contributed by atoms with Crippen LogP contribution in [0.5, 0.6) is 5.75 Å². The van der Waals surface area contributed by atoms with E-state index in [0.29, 0.717) is 18.8 Å². The van der Waals surface area contributed by atoms with Crippen LogP contribution >= 0.6 is 11.8 Å². The number of ether oxygens (including phenoxy) is 2. The van der Waals surface area contributed by atoms with Crippen molar-refractivity contribution in [3.63, 3.8) is 0 Å². The summed E-state index contributed by atoms with van der Waals surface area (Å²) in [5, 5.41) is 10.5. The number of para-hydroxylation sites is 1. The van der Waals surface area contributed by atoms with E-state index in [9.17, 15) is 19.7 Å². The van der Waals surface area contributed by atoms with Crippen molar-refractivity contribution in [2.24, 2.45) is 0 Å². The van der Waals surface area contributed by atoms with Gasteiger partial charge in [0, 0.05) is 30.1 Å². The molecule has 0 saturated carbocycles. The van der Waals surface area contributed by atoms with E-state index in [4.69, 9.17) is 9.47 Å². The molecule has 1 aliphatic heterocycles. The second kappa shape index (κ2) is 12.1. The number of likely N-dealkylation sites (N-methyl/N-ethyl adjacent to an activating group) is 1. The van der Waals surface area contributed by atoms with Gasteiger partial charge in [-0.15, -0.1) is 11.8 Å². The van der Waals surface area contributed by atoms with Gasteiger partial charge >= 0.3 is 5.97 Å². The molecule has 0 bridgehead atoms. The molecule has 38 heavy (non-hydrogen) atoms. The maximum atomic E-state index is 14.1. The molecule has 1 heterocycles. The molecule has 0 saturated heterocycles. The summed E-state index contributed by atoms with van der Waals surface area (Å²) in [6.45, 7) is 3.92. The standard InChI is InChI=1S/C28H29N3O6S/c1-4-29(2)17-18-30-23-7-5-6-8-24(23)38-26(19-11-15-22(36-3)16-12-19)25(27(30)32)37-28(33)20-9-13-21(14-10-20)31(34)35/h5-16,25-26H,4,17-18H2,1-3H3/t25-,26+/m1/s1. The molecule has 0 aliphatic carbocycles. The first kappa shape index (κ1) is 27.2. The summed E-state index contributed by atoms with van der Waals surface area (Å²) in [6.07, 6.45) is -1.14. The number of anilines is 1. The van der Waals surface area contributed by atoms with Crippen LogP contribution in [0.15, 0.2) is 77.7 Å². The molecule has 0 unspecified atom stereocenters. The fourth-order valence-electron chi connectivity index (χ4n) is 4.09. The number of fused-ring (bicyclic) bond motifs is 1. The van der Waals surface area contributed by atoms with Gasteiger partial charge in [0.15, 0.2) is 6.10 Å². The highest BCUT2D eigenvalue weighted by Crippen LogP contribution is 2.47. The van der Waals surface area contributed by atoms with E-state index in [2.05, 4.69) is 4.90 Å². The number of amides is 1. The lowest BCUT2D eigenvalue weighted by atomic mass is 10.1. The van der Waals surface area contributed by atoms with Gasteiger partial charge < -0.3 is 19.3 Å². The van der Waals surface area contributed by atoms with Gasteiger partial charge in [0.05, 0.1) is 28.5 Å². The van der Waals surface area contributed by atoms with Crippen molar-refractivity contribution >= 4 is 35.0 Å². The number of hydrogen-bond acceptors (Lipinski definition) is 8. The fraction of sp³-hybridized carbons (Fsp3) is 0.286. The summed E-state index contributed by atoms with van der Waals surface area (Å²) in [7, 11) is 3.56. The van der Waals surface area contributed by atoms with Gasteiger partial charge in [-0.2, -0.15) is 0 Å².